The van der Waals surface area contributed by atoms with Crippen LogP contribution in [-0.4, -0.2) is 14.4 Å². The summed E-state index contributed by atoms with van der Waals surface area (Å²) >= 11 is 1.69. The molecule has 0 amide bonds. The number of hydrogen-bond donors (Lipinski definition) is 1. The molecule has 3 heterocycles. The molecule has 0 atom stereocenters. The molecule has 5 heteroatoms. The Bertz CT molecular complexity index is 684. The van der Waals surface area contributed by atoms with E-state index in [9.17, 15) is 0 Å². The van der Waals surface area contributed by atoms with E-state index in [1.165, 1.54) is 11.4 Å². The normalized spacial score (nSPS) is 11.3. The van der Waals surface area contributed by atoms with Crippen LogP contribution in [-0.2, 0) is 13.1 Å². The molecular weight excluding hydrogens is 256 g/mol. The Morgan fingerprint density at radius 1 is 1.26 bits per heavy atom. The molecule has 98 valence electrons. The Morgan fingerprint density at radius 2 is 2.16 bits per heavy atom. The van der Waals surface area contributed by atoms with Crippen molar-refractivity contribution < 1.29 is 0 Å². The molecule has 0 aliphatic heterocycles. The lowest BCUT2D eigenvalue weighted by molar-refractivity contribution is 0.659. The number of thiazole rings is 1. The first-order valence-electron chi connectivity index (χ1n) is 6.28. The first kappa shape index (κ1) is 12.3. The largest absolute Gasteiger partial charge is 0.305 e. The van der Waals surface area contributed by atoms with Crippen molar-refractivity contribution >= 4 is 16.3 Å². The highest BCUT2D eigenvalue weighted by molar-refractivity contribution is 7.15. The second-order valence-corrected chi connectivity index (χ2v) is 5.40. The van der Waals surface area contributed by atoms with Crippen LogP contribution in [0.25, 0.3) is 4.96 Å². The van der Waals surface area contributed by atoms with Crippen LogP contribution in [0.15, 0.2) is 29.8 Å². The van der Waals surface area contributed by atoms with Crippen molar-refractivity contribution in [3.63, 3.8) is 0 Å². The van der Waals surface area contributed by atoms with Crippen molar-refractivity contribution in [3.8, 4) is 0 Å². The van der Waals surface area contributed by atoms with Gasteiger partial charge in [0.25, 0.3) is 0 Å². The predicted octanol–water partition coefficient (Wildman–Crippen LogP) is 2.70. The highest BCUT2D eigenvalue weighted by atomic mass is 32.1. The van der Waals surface area contributed by atoms with Gasteiger partial charge in [0.05, 0.1) is 17.1 Å². The Balaban J connectivity index is 1.75. The second kappa shape index (κ2) is 5.11. The molecule has 0 aromatic carbocycles. The van der Waals surface area contributed by atoms with E-state index in [0.717, 1.165) is 29.4 Å². The van der Waals surface area contributed by atoms with E-state index in [1.54, 1.807) is 11.3 Å². The zero-order valence-corrected chi connectivity index (χ0v) is 11.9. The SMILES string of the molecule is Cc1nc2scc(C)n2c1CNCc1ccccn1. The third-order valence-corrected chi connectivity index (χ3v) is 4.10. The Hall–Kier alpha value is -1.72. The molecule has 0 aliphatic rings. The number of nitrogens with zero attached hydrogens (tertiary/aromatic N) is 3. The number of pyridine rings is 1. The fourth-order valence-electron chi connectivity index (χ4n) is 2.19. The van der Waals surface area contributed by atoms with Crippen molar-refractivity contribution in [1.82, 2.24) is 19.7 Å². The molecule has 3 aromatic heterocycles. The van der Waals surface area contributed by atoms with E-state index < -0.39 is 0 Å². The van der Waals surface area contributed by atoms with E-state index in [-0.39, 0.29) is 0 Å². The molecule has 0 saturated heterocycles. The lowest BCUT2D eigenvalue weighted by Gasteiger charge is -2.05. The first-order chi connectivity index (χ1) is 9.25. The quantitative estimate of drug-likeness (QED) is 0.794. The smallest absolute Gasteiger partial charge is 0.194 e. The van der Waals surface area contributed by atoms with Gasteiger partial charge in [-0.05, 0) is 26.0 Å². The third-order valence-electron chi connectivity index (χ3n) is 3.15. The summed E-state index contributed by atoms with van der Waals surface area (Å²) in [6, 6.07) is 5.97. The molecule has 3 rings (SSSR count). The van der Waals surface area contributed by atoms with Crippen LogP contribution >= 0.6 is 11.3 Å². The maximum Gasteiger partial charge on any atom is 0.194 e. The van der Waals surface area contributed by atoms with E-state index in [4.69, 9.17) is 0 Å². The number of imidazole rings is 1. The highest BCUT2D eigenvalue weighted by Gasteiger charge is 2.11. The molecule has 0 fully saturated rings. The summed E-state index contributed by atoms with van der Waals surface area (Å²) < 4.78 is 2.23. The minimum absolute atomic E-state index is 0.775. The number of aryl methyl sites for hydroxylation is 2. The monoisotopic (exact) mass is 272 g/mol. The van der Waals surface area contributed by atoms with Gasteiger partial charge >= 0.3 is 0 Å². The number of fused-ring (bicyclic) bond motifs is 1. The summed E-state index contributed by atoms with van der Waals surface area (Å²) in [5.74, 6) is 0. The average Bonchev–Trinajstić information content (AvgIpc) is 2.92. The Kier molecular flexibility index (Phi) is 3.31. The number of rotatable bonds is 4. The van der Waals surface area contributed by atoms with E-state index in [1.807, 2.05) is 24.4 Å². The number of aromatic nitrogens is 3. The standard InChI is InChI=1S/C14H16N4S/c1-10-9-19-14-17-11(2)13(18(10)14)8-15-7-12-5-3-4-6-16-12/h3-6,9,15H,7-8H2,1-2H3. The molecule has 0 radical (unpaired) electrons. The number of hydrogen-bond acceptors (Lipinski definition) is 4. The van der Waals surface area contributed by atoms with Crippen LogP contribution in [0.2, 0.25) is 0 Å². The zero-order chi connectivity index (χ0) is 13.2. The van der Waals surface area contributed by atoms with Gasteiger partial charge in [-0.3, -0.25) is 9.38 Å². The highest BCUT2D eigenvalue weighted by Crippen LogP contribution is 2.20. The van der Waals surface area contributed by atoms with E-state index in [2.05, 4.69) is 38.9 Å². The van der Waals surface area contributed by atoms with Gasteiger partial charge in [-0.1, -0.05) is 6.07 Å². The van der Waals surface area contributed by atoms with Gasteiger partial charge in [-0.25, -0.2) is 4.98 Å². The van der Waals surface area contributed by atoms with E-state index in [0.29, 0.717) is 0 Å². The lowest BCUT2D eigenvalue weighted by atomic mass is 10.3. The molecule has 3 aromatic rings. The third kappa shape index (κ3) is 2.39. The molecule has 1 N–H and O–H groups in total. The average molecular weight is 272 g/mol. The van der Waals surface area contributed by atoms with Crippen molar-refractivity contribution in [2.24, 2.45) is 0 Å². The minimum atomic E-state index is 0.775. The maximum atomic E-state index is 4.59. The van der Waals surface area contributed by atoms with Gasteiger partial charge in [-0.15, -0.1) is 11.3 Å². The lowest BCUT2D eigenvalue weighted by Crippen LogP contribution is -2.15. The Morgan fingerprint density at radius 3 is 2.95 bits per heavy atom. The van der Waals surface area contributed by atoms with Crippen molar-refractivity contribution in [1.29, 1.82) is 0 Å². The molecule has 19 heavy (non-hydrogen) atoms. The summed E-state index contributed by atoms with van der Waals surface area (Å²) in [5.41, 5.74) is 4.64. The van der Waals surface area contributed by atoms with Crippen LogP contribution in [0.1, 0.15) is 22.8 Å². The van der Waals surface area contributed by atoms with Crippen molar-refractivity contribution in [2.45, 2.75) is 26.9 Å². The molecule has 0 spiro atoms. The zero-order valence-electron chi connectivity index (χ0n) is 11.1. The van der Waals surface area contributed by atoms with Gasteiger partial charge in [0.1, 0.15) is 0 Å². The van der Waals surface area contributed by atoms with Crippen LogP contribution in [0.4, 0.5) is 0 Å². The van der Waals surface area contributed by atoms with Gasteiger partial charge in [0.15, 0.2) is 4.96 Å². The van der Waals surface area contributed by atoms with Gasteiger partial charge in [-0.2, -0.15) is 0 Å². The summed E-state index contributed by atoms with van der Waals surface area (Å²) in [6.07, 6.45) is 1.82. The molecule has 0 unspecified atom stereocenters. The molecule has 4 nitrogen and oxygen atoms in total. The van der Waals surface area contributed by atoms with Gasteiger partial charge in [0.2, 0.25) is 0 Å². The summed E-state index contributed by atoms with van der Waals surface area (Å²) in [5, 5.41) is 5.58. The second-order valence-electron chi connectivity index (χ2n) is 4.56. The number of nitrogens with one attached hydrogen (secondary N) is 1. The topological polar surface area (TPSA) is 42.2 Å². The molecule has 0 aliphatic carbocycles. The summed E-state index contributed by atoms with van der Waals surface area (Å²) in [4.78, 5) is 9.97. The molecule has 0 saturated carbocycles. The summed E-state index contributed by atoms with van der Waals surface area (Å²) in [6.45, 7) is 5.77. The van der Waals surface area contributed by atoms with Crippen LogP contribution in [0.5, 0.6) is 0 Å². The summed E-state index contributed by atoms with van der Waals surface area (Å²) in [7, 11) is 0. The maximum absolute atomic E-state index is 4.59. The Labute approximate surface area is 116 Å². The van der Waals surface area contributed by atoms with Gasteiger partial charge in [0, 0.05) is 30.4 Å². The van der Waals surface area contributed by atoms with Gasteiger partial charge < -0.3 is 5.32 Å². The fraction of sp³-hybridized carbons (Fsp3) is 0.286. The van der Waals surface area contributed by atoms with Crippen molar-refractivity contribution in [2.75, 3.05) is 0 Å². The first-order valence-corrected chi connectivity index (χ1v) is 7.16. The molecular formula is C14H16N4S. The van der Waals surface area contributed by atoms with Crippen LogP contribution in [0, 0.1) is 13.8 Å². The fourth-order valence-corrected chi connectivity index (χ4v) is 3.12. The van der Waals surface area contributed by atoms with E-state index >= 15 is 0 Å². The van der Waals surface area contributed by atoms with Crippen molar-refractivity contribution in [3.05, 3.63) is 52.6 Å². The molecule has 0 bridgehead atoms. The minimum Gasteiger partial charge on any atom is -0.305 e. The predicted molar refractivity (Wildman–Crippen MR) is 77.3 cm³/mol. The van der Waals surface area contributed by atoms with Crippen LogP contribution in [0.3, 0.4) is 0 Å². The van der Waals surface area contributed by atoms with Crippen LogP contribution < -0.4 is 5.32 Å².